The fourth-order valence-corrected chi connectivity index (χ4v) is 3.98. The number of fused-ring (bicyclic) bond motifs is 1. The van der Waals surface area contributed by atoms with Gasteiger partial charge in [0.15, 0.2) is 5.76 Å². The molecule has 0 radical (unpaired) electrons. The molecule has 7 heteroatoms. The molecule has 0 bridgehead atoms. The van der Waals surface area contributed by atoms with E-state index in [9.17, 15) is 14.4 Å². The van der Waals surface area contributed by atoms with Crippen LogP contribution in [0.1, 0.15) is 36.2 Å². The van der Waals surface area contributed by atoms with E-state index in [1.54, 1.807) is 6.07 Å². The molecule has 160 valence electrons. The van der Waals surface area contributed by atoms with Gasteiger partial charge in [0.1, 0.15) is 6.54 Å². The highest BCUT2D eigenvalue weighted by Crippen LogP contribution is 2.27. The van der Waals surface area contributed by atoms with Crippen LogP contribution in [0.3, 0.4) is 0 Å². The highest BCUT2D eigenvalue weighted by molar-refractivity contribution is 6.08. The van der Waals surface area contributed by atoms with Gasteiger partial charge in [0.2, 0.25) is 11.8 Å². The van der Waals surface area contributed by atoms with E-state index in [4.69, 9.17) is 4.42 Å². The average molecular weight is 419 g/mol. The zero-order chi connectivity index (χ0) is 21.6. The first-order valence-corrected chi connectivity index (χ1v) is 10.5. The molecule has 31 heavy (non-hydrogen) atoms. The highest BCUT2D eigenvalue weighted by Gasteiger charge is 2.24. The minimum Gasteiger partial charge on any atom is -0.459 e. The van der Waals surface area contributed by atoms with Gasteiger partial charge in [0, 0.05) is 11.4 Å². The number of carbonyl (C=O) groups is 3. The van der Waals surface area contributed by atoms with Gasteiger partial charge in [-0.1, -0.05) is 49.2 Å². The first kappa shape index (κ1) is 20.7. The molecule has 0 aliphatic heterocycles. The summed E-state index contributed by atoms with van der Waals surface area (Å²) in [4.78, 5) is 39.5. The second-order valence-corrected chi connectivity index (χ2v) is 7.69. The Morgan fingerprint density at radius 3 is 2.52 bits per heavy atom. The van der Waals surface area contributed by atoms with Gasteiger partial charge in [-0.3, -0.25) is 14.4 Å². The van der Waals surface area contributed by atoms with Crippen LogP contribution in [-0.4, -0.2) is 36.9 Å². The fraction of sp³-hybridized carbons (Fsp3) is 0.292. The summed E-state index contributed by atoms with van der Waals surface area (Å²) < 4.78 is 5.07. The quantitative estimate of drug-likeness (QED) is 0.615. The van der Waals surface area contributed by atoms with E-state index in [1.165, 1.54) is 17.2 Å². The van der Waals surface area contributed by atoms with Crippen LogP contribution in [-0.2, 0) is 9.59 Å². The summed E-state index contributed by atoms with van der Waals surface area (Å²) in [5.74, 6) is -0.932. The van der Waals surface area contributed by atoms with Crippen molar-refractivity contribution in [2.45, 2.75) is 31.7 Å². The van der Waals surface area contributed by atoms with Crippen LogP contribution in [0.2, 0.25) is 0 Å². The van der Waals surface area contributed by atoms with Crippen LogP contribution < -0.4 is 15.5 Å². The molecule has 1 aliphatic carbocycles. The lowest BCUT2D eigenvalue weighted by atomic mass is 10.1. The maximum Gasteiger partial charge on any atom is 0.287 e. The first-order valence-electron chi connectivity index (χ1n) is 10.5. The lowest BCUT2D eigenvalue weighted by Gasteiger charge is -2.25. The van der Waals surface area contributed by atoms with Crippen molar-refractivity contribution in [3.8, 4) is 0 Å². The van der Waals surface area contributed by atoms with Crippen molar-refractivity contribution < 1.29 is 18.8 Å². The fourth-order valence-electron chi connectivity index (χ4n) is 3.98. The van der Waals surface area contributed by atoms with Gasteiger partial charge in [-0.05, 0) is 36.4 Å². The monoisotopic (exact) mass is 419 g/mol. The van der Waals surface area contributed by atoms with Crippen molar-refractivity contribution in [2.24, 2.45) is 0 Å². The minimum atomic E-state index is -0.480. The largest absolute Gasteiger partial charge is 0.459 e. The predicted octanol–water partition coefficient (Wildman–Crippen LogP) is 3.25. The van der Waals surface area contributed by atoms with Crippen molar-refractivity contribution in [3.05, 3.63) is 66.6 Å². The Kier molecular flexibility index (Phi) is 6.31. The van der Waals surface area contributed by atoms with Crippen molar-refractivity contribution in [1.29, 1.82) is 0 Å². The minimum absolute atomic E-state index is 0.111. The molecule has 4 rings (SSSR count). The Labute approximate surface area is 180 Å². The Morgan fingerprint density at radius 2 is 1.74 bits per heavy atom. The van der Waals surface area contributed by atoms with Gasteiger partial charge in [0.25, 0.3) is 5.91 Å². The van der Waals surface area contributed by atoms with Gasteiger partial charge in [-0.15, -0.1) is 0 Å². The molecule has 1 heterocycles. The van der Waals surface area contributed by atoms with Crippen LogP contribution in [0.15, 0.2) is 65.3 Å². The molecule has 3 aromatic rings. The van der Waals surface area contributed by atoms with Crippen LogP contribution >= 0.6 is 0 Å². The molecule has 1 aliphatic rings. The number of furan rings is 1. The number of nitrogens with one attached hydrogen (secondary N) is 2. The molecule has 2 aromatic carbocycles. The molecular formula is C24H25N3O4. The van der Waals surface area contributed by atoms with E-state index in [0.717, 1.165) is 36.5 Å². The molecule has 1 aromatic heterocycles. The summed E-state index contributed by atoms with van der Waals surface area (Å²) in [7, 11) is 0. The lowest BCUT2D eigenvalue weighted by molar-refractivity contribution is -0.123. The maximum absolute atomic E-state index is 13.1. The molecule has 0 unspecified atom stereocenters. The van der Waals surface area contributed by atoms with E-state index in [2.05, 4.69) is 10.6 Å². The molecule has 0 saturated heterocycles. The van der Waals surface area contributed by atoms with Crippen LogP contribution in [0, 0.1) is 0 Å². The van der Waals surface area contributed by atoms with E-state index < -0.39 is 5.91 Å². The first-order chi connectivity index (χ1) is 15.1. The summed E-state index contributed by atoms with van der Waals surface area (Å²) in [6.45, 7) is -0.362. The SMILES string of the molecule is O=C(CN(C(=O)CNC(=O)c1ccco1)c1cccc2ccccc12)NC1CCCC1. The van der Waals surface area contributed by atoms with Crippen LogP contribution in [0.4, 0.5) is 5.69 Å². The number of benzene rings is 2. The van der Waals surface area contributed by atoms with Crippen LogP contribution in [0.5, 0.6) is 0 Å². The predicted molar refractivity (Wildman–Crippen MR) is 118 cm³/mol. The second-order valence-electron chi connectivity index (χ2n) is 7.69. The standard InChI is InChI=1S/C24H25N3O4/c28-22(26-18-9-2-3-10-18)16-27(20-12-5-8-17-7-1-4-11-19(17)20)23(29)15-25-24(30)21-13-6-14-31-21/h1,4-8,11-14,18H,2-3,9-10,15-16H2,(H,25,30)(H,26,28). The van der Waals surface area contributed by atoms with E-state index in [0.29, 0.717) is 5.69 Å². The third-order valence-electron chi connectivity index (χ3n) is 5.53. The third-order valence-corrected chi connectivity index (χ3v) is 5.53. The number of rotatable bonds is 7. The average Bonchev–Trinajstić information content (AvgIpc) is 3.50. The smallest absolute Gasteiger partial charge is 0.287 e. The van der Waals surface area contributed by atoms with Crippen molar-refractivity contribution in [1.82, 2.24) is 10.6 Å². The molecule has 3 amide bonds. The summed E-state index contributed by atoms with van der Waals surface area (Å²) in [5, 5.41) is 7.44. The van der Waals surface area contributed by atoms with Gasteiger partial charge >= 0.3 is 0 Å². The molecule has 0 atom stereocenters. The van der Waals surface area contributed by atoms with E-state index >= 15 is 0 Å². The number of hydrogen-bond acceptors (Lipinski definition) is 4. The summed E-state index contributed by atoms with van der Waals surface area (Å²) in [5.41, 5.74) is 0.636. The lowest BCUT2D eigenvalue weighted by Crippen LogP contribution is -2.47. The number of hydrogen-bond donors (Lipinski definition) is 2. The van der Waals surface area contributed by atoms with Crippen molar-refractivity contribution in [3.63, 3.8) is 0 Å². The number of nitrogens with zero attached hydrogens (tertiary/aromatic N) is 1. The Hall–Kier alpha value is -3.61. The molecule has 1 saturated carbocycles. The molecular weight excluding hydrogens is 394 g/mol. The third kappa shape index (κ3) is 4.94. The van der Waals surface area contributed by atoms with Crippen molar-refractivity contribution in [2.75, 3.05) is 18.0 Å². The molecule has 2 N–H and O–H groups in total. The second kappa shape index (κ2) is 9.47. The van der Waals surface area contributed by atoms with Gasteiger partial charge in [-0.2, -0.15) is 0 Å². The topological polar surface area (TPSA) is 91.7 Å². The van der Waals surface area contributed by atoms with Gasteiger partial charge < -0.3 is 20.0 Å². The highest BCUT2D eigenvalue weighted by atomic mass is 16.3. The van der Waals surface area contributed by atoms with E-state index in [-0.39, 0.29) is 36.7 Å². The Morgan fingerprint density at radius 1 is 0.968 bits per heavy atom. The van der Waals surface area contributed by atoms with Gasteiger partial charge in [0.05, 0.1) is 18.5 Å². The Balaban J connectivity index is 1.54. The summed E-state index contributed by atoms with van der Waals surface area (Å²) in [6, 6.07) is 16.6. The molecule has 7 nitrogen and oxygen atoms in total. The summed E-state index contributed by atoms with van der Waals surface area (Å²) >= 11 is 0. The zero-order valence-electron chi connectivity index (χ0n) is 17.2. The Bertz CT molecular complexity index is 1070. The molecule has 1 fully saturated rings. The zero-order valence-corrected chi connectivity index (χ0v) is 17.2. The van der Waals surface area contributed by atoms with E-state index in [1.807, 2.05) is 42.5 Å². The van der Waals surface area contributed by atoms with Crippen molar-refractivity contribution >= 4 is 34.2 Å². The van der Waals surface area contributed by atoms with Crippen LogP contribution in [0.25, 0.3) is 10.8 Å². The number of anilines is 1. The number of amides is 3. The normalized spacial score (nSPS) is 13.8. The van der Waals surface area contributed by atoms with Gasteiger partial charge in [-0.25, -0.2) is 0 Å². The maximum atomic E-state index is 13.1. The summed E-state index contributed by atoms with van der Waals surface area (Å²) in [6.07, 6.45) is 5.54. The number of carbonyl (C=O) groups excluding carboxylic acids is 3. The molecule has 0 spiro atoms.